The van der Waals surface area contributed by atoms with Crippen LogP contribution in [0, 0.1) is 0 Å². The molecular formula is C15H22N2O3. The van der Waals surface area contributed by atoms with Gasteiger partial charge >= 0.3 is 5.97 Å². The summed E-state index contributed by atoms with van der Waals surface area (Å²) in [5.74, 6) is -0.493. The lowest BCUT2D eigenvalue weighted by Crippen LogP contribution is -2.38. The Kier molecular flexibility index (Phi) is 5.38. The molecule has 0 saturated carbocycles. The second kappa shape index (κ2) is 7.26. The predicted molar refractivity (Wildman–Crippen MR) is 77.5 cm³/mol. The number of nitrogen functional groups attached to an aromatic ring is 1. The Morgan fingerprint density at radius 3 is 2.90 bits per heavy atom. The number of nitrogens with two attached hydrogens (primary N) is 1. The van der Waals surface area contributed by atoms with Gasteiger partial charge in [0.2, 0.25) is 0 Å². The van der Waals surface area contributed by atoms with E-state index in [-0.39, 0.29) is 11.9 Å². The summed E-state index contributed by atoms with van der Waals surface area (Å²) in [6.45, 7) is 6.35. The molecule has 0 radical (unpaired) electrons. The Morgan fingerprint density at radius 2 is 2.20 bits per heavy atom. The van der Waals surface area contributed by atoms with Crippen molar-refractivity contribution in [1.82, 2.24) is 4.90 Å². The lowest BCUT2D eigenvalue weighted by molar-refractivity contribution is -0.145. The summed E-state index contributed by atoms with van der Waals surface area (Å²) in [6, 6.07) is 7.36. The maximum atomic E-state index is 12.0. The lowest BCUT2D eigenvalue weighted by atomic mass is 10.0. The summed E-state index contributed by atoms with van der Waals surface area (Å²) in [4.78, 5) is 14.2. The Labute approximate surface area is 119 Å². The quantitative estimate of drug-likeness (QED) is 0.648. The highest BCUT2D eigenvalue weighted by atomic mass is 16.5. The average Bonchev–Trinajstić information content (AvgIpc) is 2.47. The van der Waals surface area contributed by atoms with E-state index < -0.39 is 0 Å². The molecule has 2 rings (SSSR count). The first kappa shape index (κ1) is 14.8. The minimum atomic E-state index is -0.289. The minimum absolute atomic E-state index is 0.205. The van der Waals surface area contributed by atoms with Gasteiger partial charge < -0.3 is 15.2 Å². The van der Waals surface area contributed by atoms with E-state index in [0.29, 0.717) is 12.3 Å². The molecule has 1 aromatic rings. The molecular weight excluding hydrogens is 256 g/mol. The molecule has 1 unspecified atom stereocenters. The van der Waals surface area contributed by atoms with Gasteiger partial charge in [-0.05, 0) is 24.6 Å². The molecule has 0 amide bonds. The summed E-state index contributed by atoms with van der Waals surface area (Å²) in [5.41, 5.74) is 7.28. The second-order valence-electron chi connectivity index (χ2n) is 5.01. The van der Waals surface area contributed by atoms with Crippen LogP contribution in [-0.2, 0) is 14.3 Å². The number of ether oxygens (including phenoxy) is 2. The van der Waals surface area contributed by atoms with Gasteiger partial charge in [-0.2, -0.15) is 0 Å². The highest BCUT2D eigenvalue weighted by Gasteiger charge is 2.17. The molecule has 0 spiro atoms. The zero-order valence-electron chi connectivity index (χ0n) is 11.9. The molecule has 110 valence electrons. The zero-order valence-corrected chi connectivity index (χ0v) is 11.9. The van der Waals surface area contributed by atoms with Crippen LogP contribution in [0.1, 0.15) is 18.4 Å². The Hall–Kier alpha value is -1.59. The van der Waals surface area contributed by atoms with E-state index in [2.05, 4.69) is 4.90 Å². The summed E-state index contributed by atoms with van der Waals surface area (Å²) >= 11 is 0. The molecule has 1 aliphatic heterocycles. The van der Waals surface area contributed by atoms with Crippen LogP contribution < -0.4 is 5.73 Å². The van der Waals surface area contributed by atoms with Crippen molar-refractivity contribution in [2.24, 2.45) is 0 Å². The highest BCUT2D eigenvalue weighted by Crippen LogP contribution is 2.19. The van der Waals surface area contributed by atoms with E-state index in [9.17, 15) is 4.79 Å². The number of morpholine rings is 1. The molecule has 1 heterocycles. The van der Waals surface area contributed by atoms with Crippen molar-refractivity contribution in [2.45, 2.75) is 12.8 Å². The van der Waals surface area contributed by atoms with Crippen LogP contribution >= 0.6 is 0 Å². The molecule has 20 heavy (non-hydrogen) atoms. The van der Waals surface area contributed by atoms with Crippen LogP contribution in [0.2, 0.25) is 0 Å². The first-order valence-corrected chi connectivity index (χ1v) is 6.99. The van der Waals surface area contributed by atoms with Crippen molar-refractivity contribution in [3.8, 4) is 0 Å². The second-order valence-corrected chi connectivity index (χ2v) is 5.01. The Morgan fingerprint density at radius 1 is 1.45 bits per heavy atom. The van der Waals surface area contributed by atoms with Gasteiger partial charge in [0.05, 0.1) is 19.1 Å². The standard InChI is InChI=1S/C15H22N2O3/c1-12(13-3-2-4-14(16)11-13)15(18)20-10-7-17-5-8-19-9-6-17/h2-4,11-12H,5-10,16H2,1H3. The minimum Gasteiger partial charge on any atom is -0.464 e. The summed E-state index contributed by atoms with van der Waals surface area (Å²) in [6.07, 6.45) is 0. The van der Waals surface area contributed by atoms with Gasteiger partial charge in [-0.1, -0.05) is 12.1 Å². The van der Waals surface area contributed by atoms with Gasteiger partial charge in [-0.3, -0.25) is 9.69 Å². The fourth-order valence-corrected chi connectivity index (χ4v) is 2.19. The van der Waals surface area contributed by atoms with Crippen LogP contribution in [0.5, 0.6) is 0 Å². The van der Waals surface area contributed by atoms with Gasteiger partial charge in [0.25, 0.3) is 0 Å². The van der Waals surface area contributed by atoms with E-state index in [1.54, 1.807) is 6.07 Å². The third kappa shape index (κ3) is 4.21. The smallest absolute Gasteiger partial charge is 0.313 e. The third-order valence-corrected chi connectivity index (χ3v) is 3.52. The topological polar surface area (TPSA) is 64.8 Å². The number of hydrogen-bond acceptors (Lipinski definition) is 5. The number of nitrogens with zero attached hydrogens (tertiary/aromatic N) is 1. The van der Waals surface area contributed by atoms with Gasteiger partial charge in [0.15, 0.2) is 0 Å². The molecule has 5 nitrogen and oxygen atoms in total. The number of carbonyl (C=O) groups is 1. The molecule has 0 aliphatic carbocycles. The summed E-state index contributed by atoms with van der Waals surface area (Å²) < 4.78 is 10.6. The molecule has 1 aromatic carbocycles. The third-order valence-electron chi connectivity index (χ3n) is 3.52. The van der Waals surface area contributed by atoms with E-state index in [1.807, 2.05) is 25.1 Å². The fraction of sp³-hybridized carbons (Fsp3) is 0.533. The van der Waals surface area contributed by atoms with Gasteiger partial charge in [0, 0.05) is 25.3 Å². The zero-order chi connectivity index (χ0) is 14.4. The molecule has 1 saturated heterocycles. The number of esters is 1. The SMILES string of the molecule is CC(C(=O)OCCN1CCOCC1)c1cccc(N)c1. The summed E-state index contributed by atoms with van der Waals surface area (Å²) in [5, 5.41) is 0. The predicted octanol–water partition coefficient (Wildman–Crippen LogP) is 1.25. The van der Waals surface area contributed by atoms with Gasteiger partial charge in [0.1, 0.15) is 6.61 Å². The molecule has 0 aromatic heterocycles. The molecule has 2 N–H and O–H groups in total. The molecule has 1 aliphatic rings. The number of carbonyl (C=O) groups excluding carboxylic acids is 1. The van der Waals surface area contributed by atoms with Crippen molar-refractivity contribution in [3.05, 3.63) is 29.8 Å². The van der Waals surface area contributed by atoms with E-state index in [1.165, 1.54) is 0 Å². The van der Waals surface area contributed by atoms with Crippen molar-refractivity contribution < 1.29 is 14.3 Å². The van der Waals surface area contributed by atoms with E-state index >= 15 is 0 Å². The number of anilines is 1. The van der Waals surface area contributed by atoms with Crippen molar-refractivity contribution in [2.75, 3.05) is 45.2 Å². The molecule has 0 bridgehead atoms. The van der Waals surface area contributed by atoms with Crippen molar-refractivity contribution in [1.29, 1.82) is 0 Å². The van der Waals surface area contributed by atoms with Gasteiger partial charge in [-0.15, -0.1) is 0 Å². The van der Waals surface area contributed by atoms with Crippen LogP contribution in [0.15, 0.2) is 24.3 Å². The van der Waals surface area contributed by atoms with Crippen molar-refractivity contribution in [3.63, 3.8) is 0 Å². The Bertz CT molecular complexity index is 444. The number of rotatable bonds is 5. The first-order valence-electron chi connectivity index (χ1n) is 6.99. The summed E-state index contributed by atoms with van der Waals surface area (Å²) in [7, 11) is 0. The average molecular weight is 278 g/mol. The largest absolute Gasteiger partial charge is 0.464 e. The van der Waals surface area contributed by atoms with Gasteiger partial charge in [-0.25, -0.2) is 0 Å². The van der Waals surface area contributed by atoms with E-state index in [0.717, 1.165) is 38.4 Å². The number of hydrogen-bond donors (Lipinski definition) is 1. The number of benzene rings is 1. The van der Waals surface area contributed by atoms with Crippen LogP contribution in [0.3, 0.4) is 0 Å². The highest BCUT2D eigenvalue weighted by molar-refractivity contribution is 5.78. The first-order chi connectivity index (χ1) is 9.66. The van der Waals surface area contributed by atoms with Crippen LogP contribution in [-0.4, -0.2) is 50.3 Å². The fourth-order valence-electron chi connectivity index (χ4n) is 2.19. The normalized spacial score (nSPS) is 17.6. The molecule has 1 fully saturated rings. The lowest BCUT2D eigenvalue weighted by Gasteiger charge is -2.26. The van der Waals surface area contributed by atoms with Crippen molar-refractivity contribution >= 4 is 11.7 Å². The maximum Gasteiger partial charge on any atom is 0.313 e. The Balaban J connectivity index is 1.76. The molecule has 1 atom stereocenters. The van der Waals surface area contributed by atoms with E-state index in [4.69, 9.17) is 15.2 Å². The molecule has 5 heteroatoms. The van der Waals surface area contributed by atoms with Crippen LogP contribution in [0.25, 0.3) is 0 Å². The maximum absolute atomic E-state index is 12.0. The monoisotopic (exact) mass is 278 g/mol. The van der Waals surface area contributed by atoms with Crippen LogP contribution in [0.4, 0.5) is 5.69 Å².